The SMILES string of the molecule is c1ccc(-c2ccccc2Cc2ccccc2-c2cc3ccccc3n2-c2ccccc2)cc1. The third kappa shape index (κ3) is 3.72. The summed E-state index contributed by atoms with van der Waals surface area (Å²) in [6.07, 6.45) is 0.873. The molecule has 0 N–H and O–H groups in total. The van der Waals surface area contributed by atoms with Crippen molar-refractivity contribution in [2.75, 3.05) is 0 Å². The zero-order valence-corrected chi connectivity index (χ0v) is 18.9. The van der Waals surface area contributed by atoms with Crippen molar-refractivity contribution in [3.63, 3.8) is 0 Å². The highest BCUT2D eigenvalue weighted by atomic mass is 15.0. The molecule has 0 atom stereocenters. The Bertz CT molecular complexity index is 1560. The maximum Gasteiger partial charge on any atom is 0.0543 e. The molecule has 0 unspecified atom stereocenters. The summed E-state index contributed by atoms with van der Waals surface area (Å²) < 4.78 is 2.39. The van der Waals surface area contributed by atoms with Gasteiger partial charge in [-0.05, 0) is 52.9 Å². The van der Waals surface area contributed by atoms with Gasteiger partial charge in [0.15, 0.2) is 0 Å². The summed E-state index contributed by atoms with van der Waals surface area (Å²) >= 11 is 0. The van der Waals surface area contributed by atoms with Gasteiger partial charge in [0.1, 0.15) is 0 Å². The number of para-hydroxylation sites is 2. The molecular weight excluding hydrogens is 410 g/mol. The lowest BCUT2D eigenvalue weighted by atomic mass is 9.92. The average molecular weight is 436 g/mol. The number of fused-ring (bicyclic) bond motifs is 1. The van der Waals surface area contributed by atoms with Crippen molar-refractivity contribution in [1.82, 2.24) is 4.57 Å². The predicted molar refractivity (Wildman–Crippen MR) is 143 cm³/mol. The molecule has 0 bridgehead atoms. The van der Waals surface area contributed by atoms with Crippen molar-refractivity contribution in [3.05, 3.63) is 151 Å². The molecule has 5 aromatic carbocycles. The highest BCUT2D eigenvalue weighted by molar-refractivity contribution is 5.90. The van der Waals surface area contributed by atoms with Crippen LogP contribution in [-0.4, -0.2) is 4.57 Å². The molecule has 1 heterocycles. The van der Waals surface area contributed by atoms with Gasteiger partial charge in [-0.15, -0.1) is 0 Å². The Kier molecular flexibility index (Phi) is 5.29. The van der Waals surface area contributed by atoms with E-state index >= 15 is 0 Å². The quantitative estimate of drug-likeness (QED) is 0.256. The first-order chi connectivity index (χ1) is 16.9. The summed E-state index contributed by atoms with van der Waals surface area (Å²) in [5.74, 6) is 0. The Morgan fingerprint density at radius 3 is 1.79 bits per heavy atom. The molecule has 0 amide bonds. The van der Waals surface area contributed by atoms with Crippen LogP contribution in [0.25, 0.3) is 39.0 Å². The monoisotopic (exact) mass is 435 g/mol. The van der Waals surface area contributed by atoms with E-state index in [1.807, 2.05) is 0 Å². The third-order valence-electron chi connectivity index (χ3n) is 6.50. The molecule has 0 saturated heterocycles. The second-order valence-electron chi connectivity index (χ2n) is 8.62. The summed E-state index contributed by atoms with van der Waals surface area (Å²) in [7, 11) is 0. The number of benzene rings is 5. The molecule has 0 saturated carbocycles. The van der Waals surface area contributed by atoms with Crippen molar-refractivity contribution in [1.29, 1.82) is 0 Å². The molecule has 1 aromatic heterocycles. The summed E-state index contributed by atoms with van der Waals surface area (Å²) in [6.45, 7) is 0. The number of hydrogen-bond donors (Lipinski definition) is 0. The molecule has 6 aromatic rings. The topological polar surface area (TPSA) is 4.93 Å². The molecule has 1 nitrogen and oxygen atoms in total. The van der Waals surface area contributed by atoms with Gasteiger partial charge in [-0.3, -0.25) is 0 Å². The van der Waals surface area contributed by atoms with Crippen molar-refractivity contribution >= 4 is 10.9 Å². The lowest BCUT2D eigenvalue weighted by molar-refractivity contribution is 1.12. The largest absolute Gasteiger partial charge is 0.309 e. The van der Waals surface area contributed by atoms with Crippen LogP contribution in [0.1, 0.15) is 11.1 Å². The fraction of sp³-hybridized carbons (Fsp3) is 0.0303. The number of rotatable bonds is 5. The van der Waals surface area contributed by atoms with Gasteiger partial charge in [0.05, 0.1) is 11.2 Å². The van der Waals surface area contributed by atoms with Crippen molar-refractivity contribution in [2.24, 2.45) is 0 Å². The average Bonchev–Trinajstić information content (AvgIpc) is 3.30. The van der Waals surface area contributed by atoms with Gasteiger partial charge in [-0.2, -0.15) is 0 Å². The fourth-order valence-corrected chi connectivity index (χ4v) is 4.91. The van der Waals surface area contributed by atoms with Gasteiger partial charge in [-0.25, -0.2) is 0 Å². The van der Waals surface area contributed by atoms with Crippen LogP contribution >= 0.6 is 0 Å². The highest BCUT2D eigenvalue weighted by Crippen LogP contribution is 2.35. The van der Waals surface area contributed by atoms with Gasteiger partial charge in [0, 0.05) is 16.6 Å². The van der Waals surface area contributed by atoms with Crippen LogP contribution in [0.2, 0.25) is 0 Å². The molecule has 0 radical (unpaired) electrons. The van der Waals surface area contributed by atoms with Crippen molar-refractivity contribution in [3.8, 4) is 28.1 Å². The minimum absolute atomic E-state index is 0.873. The van der Waals surface area contributed by atoms with E-state index in [4.69, 9.17) is 0 Å². The van der Waals surface area contributed by atoms with Gasteiger partial charge >= 0.3 is 0 Å². The minimum Gasteiger partial charge on any atom is -0.309 e. The van der Waals surface area contributed by atoms with E-state index in [1.165, 1.54) is 50.1 Å². The second-order valence-corrected chi connectivity index (χ2v) is 8.62. The lowest BCUT2D eigenvalue weighted by Gasteiger charge is -2.16. The number of hydrogen-bond acceptors (Lipinski definition) is 0. The van der Waals surface area contributed by atoms with E-state index in [0.717, 1.165) is 6.42 Å². The van der Waals surface area contributed by atoms with E-state index in [1.54, 1.807) is 0 Å². The molecule has 0 aliphatic rings. The highest BCUT2D eigenvalue weighted by Gasteiger charge is 2.16. The first-order valence-corrected chi connectivity index (χ1v) is 11.8. The molecule has 162 valence electrons. The standard InChI is InChI=1S/C33H25N/c1-3-13-25(14-4-1)30-20-10-7-15-26(30)23-27-16-8-11-21-31(27)33-24-28-17-9-12-22-32(28)34(33)29-18-5-2-6-19-29/h1-22,24H,23H2. The Hall–Kier alpha value is -4.36. The summed E-state index contributed by atoms with van der Waals surface area (Å²) in [4.78, 5) is 0. The summed E-state index contributed by atoms with van der Waals surface area (Å²) in [6, 6.07) is 49.9. The van der Waals surface area contributed by atoms with Crippen LogP contribution in [0, 0.1) is 0 Å². The maximum atomic E-state index is 2.39. The van der Waals surface area contributed by atoms with Crippen molar-refractivity contribution in [2.45, 2.75) is 6.42 Å². The molecule has 0 aliphatic heterocycles. The molecular formula is C33H25N. The summed E-state index contributed by atoms with van der Waals surface area (Å²) in [5, 5.41) is 1.25. The van der Waals surface area contributed by atoms with Gasteiger partial charge in [0.25, 0.3) is 0 Å². The van der Waals surface area contributed by atoms with Crippen LogP contribution in [0.5, 0.6) is 0 Å². The molecule has 34 heavy (non-hydrogen) atoms. The van der Waals surface area contributed by atoms with E-state index in [-0.39, 0.29) is 0 Å². The van der Waals surface area contributed by atoms with Crippen LogP contribution in [0.4, 0.5) is 0 Å². The molecule has 0 fully saturated rings. The normalized spacial score (nSPS) is 11.1. The molecule has 0 aliphatic carbocycles. The first kappa shape index (κ1) is 20.3. The van der Waals surface area contributed by atoms with Gasteiger partial charge in [0.2, 0.25) is 0 Å². The zero-order valence-electron chi connectivity index (χ0n) is 18.9. The molecule has 0 spiro atoms. The smallest absolute Gasteiger partial charge is 0.0543 e. The van der Waals surface area contributed by atoms with Crippen molar-refractivity contribution < 1.29 is 0 Å². The Labute approximate surface area is 200 Å². The van der Waals surface area contributed by atoms with E-state index in [9.17, 15) is 0 Å². The second kappa shape index (κ2) is 8.88. The Balaban J connectivity index is 1.52. The lowest BCUT2D eigenvalue weighted by Crippen LogP contribution is -2.00. The molecule has 1 heteroatoms. The third-order valence-corrected chi connectivity index (χ3v) is 6.50. The minimum atomic E-state index is 0.873. The van der Waals surface area contributed by atoms with E-state index < -0.39 is 0 Å². The van der Waals surface area contributed by atoms with Crippen LogP contribution < -0.4 is 0 Å². The number of nitrogens with zero attached hydrogens (tertiary/aromatic N) is 1. The molecule has 6 rings (SSSR count). The summed E-state index contributed by atoms with van der Waals surface area (Å²) in [5.41, 5.74) is 10.1. The van der Waals surface area contributed by atoms with E-state index in [2.05, 4.69) is 144 Å². The van der Waals surface area contributed by atoms with Crippen LogP contribution in [0.3, 0.4) is 0 Å². The number of aromatic nitrogens is 1. The van der Waals surface area contributed by atoms with Crippen LogP contribution in [0.15, 0.2) is 140 Å². The van der Waals surface area contributed by atoms with E-state index in [0.29, 0.717) is 0 Å². The van der Waals surface area contributed by atoms with Gasteiger partial charge < -0.3 is 4.57 Å². The maximum absolute atomic E-state index is 2.39. The van der Waals surface area contributed by atoms with Crippen LogP contribution in [-0.2, 0) is 6.42 Å². The zero-order chi connectivity index (χ0) is 22.7. The fourth-order valence-electron chi connectivity index (χ4n) is 4.91. The van der Waals surface area contributed by atoms with Gasteiger partial charge in [-0.1, -0.05) is 115 Å². The Morgan fingerprint density at radius 2 is 1.03 bits per heavy atom. The predicted octanol–water partition coefficient (Wildman–Crippen LogP) is 8.56. The Morgan fingerprint density at radius 1 is 0.471 bits per heavy atom. The first-order valence-electron chi connectivity index (χ1n) is 11.8.